The topological polar surface area (TPSA) is 105 Å². The van der Waals surface area contributed by atoms with Gasteiger partial charge in [-0.2, -0.15) is 0 Å². The molecule has 1 heterocycles. The molecule has 0 aromatic rings. The molecule has 0 bridgehead atoms. The van der Waals surface area contributed by atoms with Crippen molar-refractivity contribution in [3.63, 3.8) is 0 Å². The number of hydrogen-bond donors (Lipinski definition) is 3. The van der Waals surface area contributed by atoms with E-state index in [9.17, 15) is 14.4 Å². The highest BCUT2D eigenvalue weighted by Crippen LogP contribution is 2.46. The first-order valence-electron chi connectivity index (χ1n) is 8.22. The molecule has 2 rings (SSSR count). The highest BCUT2D eigenvalue weighted by Gasteiger charge is 2.56. The minimum atomic E-state index is -0.863. The third-order valence-corrected chi connectivity index (χ3v) is 4.69. The van der Waals surface area contributed by atoms with E-state index in [1.165, 1.54) is 0 Å². The molecule has 1 saturated heterocycles. The molecule has 1 aliphatic heterocycles. The van der Waals surface area contributed by atoms with Crippen molar-refractivity contribution < 1.29 is 14.4 Å². The van der Waals surface area contributed by atoms with Gasteiger partial charge in [0.1, 0.15) is 12.1 Å². The number of halogens is 1. The molecule has 3 atom stereocenters. The van der Waals surface area contributed by atoms with Crippen molar-refractivity contribution in [2.45, 2.75) is 58.5 Å². The molecule has 1 aliphatic carbocycles. The first-order valence-corrected chi connectivity index (χ1v) is 8.22. The second-order valence-electron chi connectivity index (χ2n) is 7.96. The molecule has 0 aromatic heterocycles. The van der Waals surface area contributed by atoms with Crippen LogP contribution in [0.25, 0.3) is 0 Å². The molecular formula is C16H29ClN4O3. The van der Waals surface area contributed by atoms with Crippen LogP contribution in [0.3, 0.4) is 0 Å². The van der Waals surface area contributed by atoms with E-state index in [2.05, 4.69) is 31.4 Å². The molecule has 0 radical (unpaired) electrons. The van der Waals surface area contributed by atoms with Crippen LogP contribution in [-0.2, 0) is 9.59 Å². The van der Waals surface area contributed by atoms with E-state index in [1.807, 2.05) is 0 Å². The Labute approximate surface area is 149 Å². The second kappa shape index (κ2) is 7.27. The molecule has 0 aromatic carbocycles. The number of hydrogen-bond acceptors (Lipinski definition) is 4. The number of carbonyl (C=O) groups is 3. The van der Waals surface area contributed by atoms with E-state index in [-0.39, 0.29) is 42.2 Å². The Balaban J connectivity index is 0.00000288. The van der Waals surface area contributed by atoms with Gasteiger partial charge in [-0.3, -0.25) is 14.5 Å². The summed E-state index contributed by atoms with van der Waals surface area (Å²) in [5.74, 6) is -0.307. The number of nitrogens with two attached hydrogens (primary N) is 1. The van der Waals surface area contributed by atoms with Crippen LogP contribution in [0.5, 0.6) is 0 Å². The predicted octanol–water partition coefficient (Wildman–Crippen LogP) is 1.01. The zero-order valence-electron chi connectivity index (χ0n) is 14.8. The summed E-state index contributed by atoms with van der Waals surface area (Å²) in [6, 6.07) is -0.665. The summed E-state index contributed by atoms with van der Waals surface area (Å²) in [7, 11) is 0. The van der Waals surface area contributed by atoms with Gasteiger partial charge >= 0.3 is 6.03 Å². The number of nitrogens with zero attached hydrogens (tertiary/aromatic N) is 1. The lowest BCUT2D eigenvalue weighted by molar-refractivity contribution is -0.137. The predicted molar refractivity (Wildman–Crippen MR) is 93.7 cm³/mol. The van der Waals surface area contributed by atoms with Crippen LogP contribution in [0.1, 0.15) is 47.0 Å². The van der Waals surface area contributed by atoms with E-state index < -0.39 is 11.6 Å². The van der Waals surface area contributed by atoms with Crippen LogP contribution in [0.15, 0.2) is 0 Å². The van der Waals surface area contributed by atoms with Gasteiger partial charge in [0, 0.05) is 12.6 Å². The number of urea groups is 1. The monoisotopic (exact) mass is 360 g/mol. The van der Waals surface area contributed by atoms with Crippen LogP contribution in [-0.4, -0.2) is 47.4 Å². The molecule has 2 aliphatic rings. The van der Waals surface area contributed by atoms with Crippen LogP contribution < -0.4 is 16.4 Å². The summed E-state index contributed by atoms with van der Waals surface area (Å²) < 4.78 is 0. The van der Waals surface area contributed by atoms with Crippen LogP contribution >= 0.6 is 12.4 Å². The van der Waals surface area contributed by atoms with Gasteiger partial charge in [0.2, 0.25) is 5.91 Å². The minimum absolute atomic E-state index is 0. The largest absolute Gasteiger partial charge is 0.351 e. The highest BCUT2D eigenvalue weighted by atomic mass is 35.5. The van der Waals surface area contributed by atoms with Crippen molar-refractivity contribution in [2.24, 2.45) is 17.1 Å². The van der Waals surface area contributed by atoms with Gasteiger partial charge in [-0.25, -0.2) is 4.79 Å². The molecule has 4 N–H and O–H groups in total. The fourth-order valence-electron chi connectivity index (χ4n) is 4.17. The number of rotatable bonds is 4. The van der Waals surface area contributed by atoms with Gasteiger partial charge in [-0.15, -0.1) is 12.4 Å². The molecule has 2 fully saturated rings. The standard InChI is InChI=1S/C16H28N4O3.ClH/c1-10-5-15(3,4)9-16(6-10)13(22)20(14(23)19-16)8-12(21)18-11(2)7-17;/h10-11H,5-9,17H2,1-4H3,(H,18,21)(H,19,23);1H/t10?,11-,16?;/m0./s1. The summed E-state index contributed by atoms with van der Waals surface area (Å²) in [5, 5.41) is 5.54. The van der Waals surface area contributed by atoms with Crippen LogP contribution in [0, 0.1) is 11.3 Å². The Hall–Kier alpha value is -1.34. The minimum Gasteiger partial charge on any atom is -0.351 e. The lowest BCUT2D eigenvalue weighted by Crippen LogP contribution is -2.54. The Bertz CT molecular complexity index is 525. The summed E-state index contributed by atoms with van der Waals surface area (Å²) in [4.78, 5) is 38.1. The van der Waals surface area contributed by atoms with E-state index in [0.29, 0.717) is 25.3 Å². The number of carbonyl (C=O) groups excluding carboxylic acids is 3. The van der Waals surface area contributed by atoms with Gasteiger partial charge in [0.25, 0.3) is 5.91 Å². The molecule has 8 heteroatoms. The van der Waals surface area contributed by atoms with Gasteiger partial charge < -0.3 is 16.4 Å². The van der Waals surface area contributed by atoms with Gasteiger partial charge in [-0.05, 0) is 37.5 Å². The molecule has 138 valence electrons. The lowest BCUT2D eigenvalue weighted by atomic mass is 9.64. The highest BCUT2D eigenvalue weighted by molar-refractivity contribution is 6.09. The molecular weight excluding hydrogens is 332 g/mol. The Morgan fingerprint density at radius 1 is 1.42 bits per heavy atom. The van der Waals surface area contributed by atoms with Crippen molar-refractivity contribution in [2.75, 3.05) is 13.1 Å². The number of amides is 4. The molecule has 24 heavy (non-hydrogen) atoms. The van der Waals surface area contributed by atoms with Crippen molar-refractivity contribution in [3.8, 4) is 0 Å². The summed E-state index contributed by atoms with van der Waals surface area (Å²) in [5.41, 5.74) is 4.58. The number of nitrogens with one attached hydrogen (secondary N) is 2. The van der Waals surface area contributed by atoms with Crippen molar-refractivity contribution in [3.05, 3.63) is 0 Å². The van der Waals surface area contributed by atoms with Crippen molar-refractivity contribution in [1.29, 1.82) is 0 Å². The average Bonchev–Trinajstić information content (AvgIpc) is 2.60. The average molecular weight is 361 g/mol. The van der Waals surface area contributed by atoms with E-state index in [0.717, 1.165) is 11.3 Å². The van der Waals surface area contributed by atoms with Gasteiger partial charge in [0.15, 0.2) is 0 Å². The third-order valence-electron chi connectivity index (χ3n) is 4.69. The first-order chi connectivity index (χ1) is 10.6. The van der Waals surface area contributed by atoms with E-state index >= 15 is 0 Å². The maximum atomic E-state index is 12.9. The second-order valence-corrected chi connectivity index (χ2v) is 7.96. The lowest BCUT2D eigenvalue weighted by Gasteiger charge is -2.43. The van der Waals surface area contributed by atoms with Crippen LogP contribution in [0.4, 0.5) is 4.79 Å². The normalized spacial score (nSPS) is 29.9. The van der Waals surface area contributed by atoms with Crippen molar-refractivity contribution >= 4 is 30.3 Å². The summed E-state index contributed by atoms with van der Waals surface area (Å²) in [6.45, 7) is 8.15. The third kappa shape index (κ3) is 4.19. The molecule has 7 nitrogen and oxygen atoms in total. The maximum absolute atomic E-state index is 12.9. The molecule has 1 saturated carbocycles. The Kier molecular flexibility index (Phi) is 6.27. The molecule has 1 spiro atoms. The maximum Gasteiger partial charge on any atom is 0.325 e. The fourth-order valence-corrected chi connectivity index (χ4v) is 4.17. The SMILES string of the molecule is CC1CC(C)(C)CC2(C1)NC(=O)N(CC(=O)N[C@@H](C)CN)C2=O.Cl. The smallest absolute Gasteiger partial charge is 0.325 e. The zero-order chi connectivity index (χ0) is 17.4. The van der Waals surface area contributed by atoms with Crippen molar-refractivity contribution in [1.82, 2.24) is 15.5 Å². The van der Waals surface area contributed by atoms with Crippen LogP contribution in [0.2, 0.25) is 0 Å². The quantitative estimate of drug-likeness (QED) is 0.650. The molecule has 4 amide bonds. The summed E-state index contributed by atoms with van der Waals surface area (Å²) in [6.07, 6.45) is 2.25. The first kappa shape index (κ1) is 20.7. The number of imide groups is 1. The Morgan fingerprint density at radius 3 is 2.58 bits per heavy atom. The summed E-state index contributed by atoms with van der Waals surface area (Å²) >= 11 is 0. The van der Waals surface area contributed by atoms with E-state index in [4.69, 9.17) is 5.73 Å². The zero-order valence-corrected chi connectivity index (χ0v) is 15.7. The van der Waals surface area contributed by atoms with E-state index in [1.54, 1.807) is 6.92 Å². The van der Waals surface area contributed by atoms with Gasteiger partial charge in [-0.1, -0.05) is 20.8 Å². The van der Waals surface area contributed by atoms with Gasteiger partial charge in [0.05, 0.1) is 0 Å². The fraction of sp³-hybridized carbons (Fsp3) is 0.812. The molecule has 2 unspecified atom stereocenters. The Morgan fingerprint density at radius 2 is 2.04 bits per heavy atom.